The second-order valence-corrected chi connectivity index (χ2v) is 3.77. The van der Waals surface area contributed by atoms with Gasteiger partial charge < -0.3 is 14.7 Å². The van der Waals surface area contributed by atoms with Crippen LogP contribution < -0.4 is 0 Å². The van der Waals surface area contributed by atoms with E-state index >= 15 is 0 Å². The lowest BCUT2D eigenvalue weighted by atomic mass is 10.3. The van der Waals surface area contributed by atoms with Crippen molar-refractivity contribution >= 4 is 28.5 Å². The summed E-state index contributed by atoms with van der Waals surface area (Å²) in [5.41, 5.74) is 0. The van der Waals surface area contributed by atoms with Crippen LogP contribution in [0.1, 0.15) is 13.3 Å². The normalized spacial score (nSPS) is 24.8. The number of likely N-dealkylation sites (tertiary alicyclic amines) is 1. The highest BCUT2D eigenvalue weighted by Crippen LogP contribution is 2.14. The first kappa shape index (κ1) is 11.2. The van der Waals surface area contributed by atoms with Gasteiger partial charge in [0, 0.05) is 13.1 Å². The molecule has 0 aromatic rings. The number of alkyl halides is 1. The largest absolute Gasteiger partial charge is 0.384 e. The zero-order chi connectivity index (χ0) is 9.84. The smallest absolute Gasteiger partial charge is 0.251 e. The maximum Gasteiger partial charge on any atom is 0.251 e. The van der Waals surface area contributed by atoms with Gasteiger partial charge in [0.1, 0.15) is 6.10 Å². The van der Waals surface area contributed by atoms with Gasteiger partial charge in [-0.15, -0.1) is 0 Å². The van der Waals surface area contributed by atoms with Gasteiger partial charge in [0.15, 0.2) is 0 Å². The van der Waals surface area contributed by atoms with E-state index in [0.29, 0.717) is 17.7 Å². The fourth-order valence-corrected chi connectivity index (χ4v) is 1.93. The van der Waals surface area contributed by atoms with E-state index in [9.17, 15) is 4.79 Å². The van der Waals surface area contributed by atoms with Crippen molar-refractivity contribution in [3.05, 3.63) is 0 Å². The van der Waals surface area contributed by atoms with Crippen molar-refractivity contribution in [2.75, 3.05) is 17.7 Å². The SMILES string of the molecule is C[C@@H](O)C(=O)N1CC[C@H](OCI)C1. The molecule has 1 heterocycles. The van der Waals surface area contributed by atoms with E-state index in [0.717, 1.165) is 6.42 Å². The second kappa shape index (κ2) is 5.11. The molecule has 4 nitrogen and oxygen atoms in total. The Hall–Kier alpha value is 0.120. The molecule has 1 fully saturated rings. The minimum absolute atomic E-state index is 0.152. The molecular formula is C8H14INO3. The molecule has 0 spiro atoms. The summed E-state index contributed by atoms with van der Waals surface area (Å²) in [4.78, 5) is 13.0. The van der Waals surface area contributed by atoms with Crippen LogP contribution in [0.5, 0.6) is 0 Å². The molecule has 1 rings (SSSR count). The molecule has 1 amide bonds. The van der Waals surface area contributed by atoms with Crippen LogP contribution in [0, 0.1) is 0 Å². The fraction of sp³-hybridized carbons (Fsp3) is 0.875. The number of hydrogen-bond donors (Lipinski definition) is 1. The Morgan fingerprint density at radius 2 is 2.54 bits per heavy atom. The number of aliphatic hydroxyl groups excluding tert-OH is 1. The summed E-state index contributed by atoms with van der Waals surface area (Å²) in [5, 5.41) is 9.06. The van der Waals surface area contributed by atoms with Crippen LogP contribution in [0.2, 0.25) is 0 Å². The number of nitrogens with zero attached hydrogens (tertiary/aromatic N) is 1. The van der Waals surface area contributed by atoms with Crippen molar-refractivity contribution in [3.63, 3.8) is 0 Å². The van der Waals surface area contributed by atoms with E-state index in [-0.39, 0.29) is 12.0 Å². The lowest BCUT2D eigenvalue weighted by molar-refractivity contribution is -0.138. The molecule has 76 valence electrons. The molecule has 0 aromatic heterocycles. The first-order chi connectivity index (χ1) is 6.15. The number of rotatable bonds is 3. The summed E-state index contributed by atoms with van der Waals surface area (Å²) >= 11 is 2.14. The predicted octanol–water partition coefficient (Wildman–Crippen LogP) is 0.377. The van der Waals surface area contributed by atoms with Crippen LogP contribution in [0.4, 0.5) is 0 Å². The summed E-state index contributed by atoms with van der Waals surface area (Å²) in [6.45, 7) is 2.81. The van der Waals surface area contributed by atoms with Crippen molar-refractivity contribution in [1.29, 1.82) is 0 Å². The average molecular weight is 299 g/mol. The number of ether oxygens (including phenoxy) is 1. The average Bonchev–Trinajstić information content (AvgIpc) is 2.52. The molecule has 1 N–H and O–H groups in total. The first-order valence-electron chi connectivity index (χ1n) is 4.29. The molecule has 5 heteroatoms. The van der Waals surface area contributed by atoms with Gasteiger partial charge in [0.2, 0.25) is 0 Å². The minimum atomic E-state index is -0.890. The number of carbonyl (C=O) groups excluding carboxylic acids is 1. The van der Waals surface area contributed by atoms with Gasteiger partial charge in [0.05, 0.1) is 10.7 Å². The fourth-order valence-electron chi connectivity index (χ4n) is 1.42. The number of carbonyl (C=O) groups is 1. The molecule has 0 aliphatic carbocycles. The standard InChI is InChI=1S/C8H14INO3/c1-6(11)8(12)10-3-2-7(4-10)13-5-9/h6-7,11H,2-5H2,1H3/t6-,7+/m1/s1. The molecule has 1 aliphatic heterocycles. The van der Waals surface area contributed by atoms with Crippen LogP contribution >= 0.6 is 22.6 Å². The van der Waals surface area contributed by atoms with Crippen molar-refractivity contribution in [2.45, 2.75) is 25.6 Å². The van der Waals surface area contributed by atoms with Crippen LogP contribution in [0.15, 0.2) is 0 Å². The van der Waals surface area contributed by atoms with Gasteiger partial charge in [0.25, 0.3) is 5.91 Å². The van der Waals surface area contributed by atoms with E-state index in [2.05, 4.69) is 22.6 Å². The summed E-state index contributed by atoms with van der Waals surface area (Å²) in [6.07, 6.45) is 0.138. The molecule has 0 radical (unpaired) electrons. The third-order valence-corrected chi connectivity index (χ3v) is 2.47. The Kier molecular flexibility index (Phi) is 4.40. The maximum atomic E-state index is 11.3. The quantitative estimate of drug-likeness (QED) is 0.605. The number of halogens is 1. The summed E-state index contributed by atoms with van der Waals surface area (Å²) < 4.78 is 6.03. The van der Waals surface area contributed by atoms with Crippen molar-refractivity contribution in [2.24, 2.45) is 0 Å². The van der Waals surface area contributed by atoms with Gasteiger partial charge in [-0.1, -0.05) is 22.6 Å². The third kappa shape index (κ3) is 3.07. The van der Waals surface area contributed by atoms with Crippen molar-refractivity contribution in [3.8, 4) is 0 Å². The molecule has 1 aliphatic rings. The van der Waals surface area contributed by atoms with Gasteiger partial charge in [-0.05, 0) is 13.3 Å². The molecular weight excluding hydrogens is 285 g/mol. The number of aliphatic hydroxyl groups is 1. The zero-order valence-electron chi connectivity index (χ0n) is 7.57. The summed E-state index contributed by atoms with van der Waals surface area (Å²) in [7, 11) is 0. The Morgan fingerprint density at radius 3 is 3.08 bits per heavy atom. The predicted molar refractivity (Wildman–Crippen MR) is 56.6 cm³/mol. The Bertz CT molecular complexity index is 186. The lowest BCUT2D eigenvalue weighted by Gasteiger charge is -2.17. The highest BCUT2D eigenvalue weighted by Gasteiger charge is 2.28. The molecule has 0 bridgehead atoms. The maximum absolute atomic E-state index is 11.3. The van der Waals surface area contributed by atoms with E-state index in [1.54, 1.807) is 4.90 Å². The van der Waals surface area contributed by atoms with Crippen LogP contribution in [-0.2, 0) is 9.53 Å². The number of hydrogen-bond acceptors (Lipinski definition) is 3. The van der Waals surface area contributed by atoms with E-state index in [1.807, 2.05) is 0 Å². The highest BCUT2D eigenvalue weighted by atomic mass is 127. The minimum Gasteiger partial charge on any atom is -0.384 e. The lowest BCUT2D eigenvalue weighted by Crippen LogP contribution is -2.36. The topological polar surface area (TPSA) is 49.8 Å². The molecule has 1 saturated heterocycles. The summed E-state index contributed by atoms with van der Waals surface area (Å²) in [5.74, 6) is -0.195. The Balaban J connectivity index is 2.36. The van der Waals surface area contributed by atoms with Crippen molar-refractivity contribution < 1.29 is 14.6 Å². The highest BCUT2D eigenvalue weighted by molar-refractivity contribution is 14.1. The van der Waals surface area contributed by atoms with E-state index < -0.39 is 6.10 Å². The van der Waals surface area contributed by atoms with Crippen molar-refractivity contribution in [1.82, 2.24) is 4.90 Å². The molecule has 0 unspecified atom stereocenters. The van der Waals surface area contributed by atoms with Gasteiger partial charge >= 0.3 is 0 Å². The van der Waals surface area contributed by atoms with E-state index in [4.69, 9.17) is 9.84 Å². The van der Waals surface area contributed by atoms with Gasteiger partial charge in [-0.25, -0.2) is 0 Å². The molecule has 0 saturated carbocycles. The Labute approximate surface area is 91.4 Å². The number of amides is 1. The van der Waals surface area contributed by atoms with Crippen LogP contribution in [0.3, 0.4) is 0 Å². The monoisotopic (exact) mass is 299 g/mol. The molecule has 2 atom stereocenters. The van der Waals surface area contributed by atoms with E-state index in [1.165, 1.54) is 6.92 Å². The van der Waals surface area contributed by atoms with Gasteiger partial charge in [-0.2, -0.15) is 0 Å². The third-order valence-electron chi connectivity index (χ3n) is 2.11. The molecule has 0 aromatic carbocycles. The molecule has 13 heavy (non-hydrogen) atoms. The zero-order valence-corrected chi connectivity index (χ0v) is 9.73. The van der Waals surface area contributed by atoms with Gasteiger partial charge in [-0.3, -0.25) is 4.79 Å². The summed E-state index contributed by atoms with van der Waals surface area (Å²) in [6, 6.07) is 0. The van der Waals surface area contributed by atoms with Crippen LogP contribution in [0.25, 0.3) is 0 Å². The first-order valence-corrected chi connectivity index (χ1v) is 5.82. The Morgan fingerprint density at radius 1 is 1.85 bits per heavy atom. The van der Waals surface area contributed by atoms with Crippen LogP contribution in [-0.4, -0.2) is 45.8 Å². The second-order valence-electron chi connectivity index (χ2n) is 3.15.